The number of halogens is 1. The second-order valence-corrected chi connectivity index (χ2v) is 6.51. The van der Waals surface area contributed by atoms with Crippen LogP contribution >= 0.6 is 11.6 Å². The van der Waals surface area contributed by atoms with Gasteiger partial charge in [-0.15, -0.1) is 0 Å². The summed E-state index contributed by atoms with van der Waals surface area (Å²) in [6.45, 7) is 1.33. The lowest BCUT2D eigenvalue weighted by Crippen LogP contribution is -2.41. The van der Waals surface area contributed by atoms with Crippen LogP contribution in [-0.2, 0) is 0 Å². The van der Waals surface area contributed by atoms with Gasteiger partial charge in [-0.1, -0.05) is 11.6 Å². The first-order valence-corrected chi connectivity index (χ1v) is 8.57. The van der Waals surface area contributed by atoms with E-state index in [1.165, 1.54) is 6.33 Å². The maximum absolute atomic E-state index is 12.7. The normalized spacial score (nSPS) is 15.5. The van der Waals surface area contributed by atoms with Crippen molar-refractivity contribution < 1.29 is 9.53 Å². The van der Waals surface area contributed by atoms with Crippen LogP contribution < -0.4 is 4.74 Å². The summed E-state index contributed by atoms with van der Waals surface area (Å²) in [4.78, 5) is 25.7. The Kier molecular flexibility index (Phi) is 4.28. The first-order valence-electron chi connectivity index (χ1n) is 8.19. The molecule has 0 unspecified atom stereocenters. The molecule has 1 N–H and O–H groups in total. The number of benzene rings is 1. The Bertz CT molecular complexity index is 852. The van der Waals surface area contributed by atoms with Crippen molar-refractivity contribution in [1.29, 1.82) is 0 Å². The molecule has 1 saturated heterocycles. The van der Waals surface area contributed by atoms with Gasteiger partial charge in [0.1, 0.15) is 29.5 Å². The zero-order valence-corrected chi connectivity index (χ0v) is 14.2. The number of aromatic amines is 1. The number of likely N-dealkylation sites (tertiary alicyclic amines) is 1. The number of piperidine rings is 1. The van der Waals surface area contributed by atoms with Crippen molar-refractivity contribution >= 4 is 28.5 Å². The Morgan fingerprint density at radius 2 is 2.00 bits per heavy atom. The summed E-state index contributed by atoms with van der Waals surface area (Å²) >= 11 is 5.88. The molecule has 0 bridgehead atoms. The number of fused-ring (bicyclic) bond motifs is 1. The number of rotatable bonds is 3. The zero-order valence-electron chi connectivity index (χ0n) is 13.5. The van der Waals surface area contributed by atoms with Crippen molar-refractivity contribution in [2.24, 2.45) is 0 Å². The molecule has 4 rings (SSSR count). The van der Waals surface area contributed by atoms with Gasteiger partial charge in [0.25, 0.3) is 5.91 Å². The second-order valence-electron chi connectivity index (χ2n) is 6.07. The van der Waals surface area contributed by atoms with E-state index in [0.717, 1.165) is 24.0 Å². The van der Waals surface area contributed by atoms with Crippen LogP contribution in [0.5, 0.6) is 5.75 Å². The van der Waals surface area contributed by atoms with Gasteiger partial charge in [-0.25, -0.2) is 9.97 Å². The molecule has 1 aromatic carbocycles. The molecule has 1 aliphatic rings. The average Bonchev–Trinajstić information content (AvgIpc) is 3.08. The van der Waals surface area contributed by atoms with Crippen LogP contribution in [0.25, 0.3) is 11.0 Å². The third-order valence-corrected chi connectivity index (χ3v) is 4.62. The highest BCUT2D eigenvalue weighted by atomic mass is 35.5. The summed E-state index contributed by atoms with van der Waals surface area (Å²) in [5, 5.41) is 1.53. The number of ether oxygens (including phenoxy) is 1. The summed E-state index contributed by atoms with van der Waals surface area (Å²) in [5.41, 5.74) is 1.23. The van der Waals surface area contributed by atoms with Gasteiger partial charge in [0.2, 0.25) is 0 Å². The predicted octanol–water partition coefficient (Wildman–Crippen LogP) is 3.29. The van der Waals surface area contributed by atoms with E-state index in [0.29, 0.717) is 29.5 Å². The quantitative estimate of drug-likeness (QED) is 0.781. The highest BCUT2D eigenvalue weighted by Crippen LogP contribution is 2.22. The minimum Gasteiger partial charge on any atom is -0.490 e. The third kappa shape index (κ3) is 3.44. The average molecular weight is 357 g/mol. The fraction of sp³-hybridized carbons (Fsp3) is 0.278. The number of aromatic nitrogens is 3. The number of amides is 1. The maximum Gasteiger partial charge on any atom is 0.270 e. The van der Waals surface area contributed by atoms with Crippen LogP contribution in [0.2, 0.25) is 5.02 Å². The maximum atomic E-state index is 12.7. The van der Waals surface area contributed by atoms with E-state index in [4.69, 9.17) is 16.3 Å². The number of carbonyl (C=O) groups is 1. The van der Waals surface area contributed by atoms with Crippen LogP contribution in [0, 0.1) is 0 Å². The summed E-state index contributed by atoms with van der Waals surface area (Å²) in [6, 6.07) is 9.16. The number of hydrogen-bond donors (Lipinski definition) is 1. The van der Waals surface area contributed by atoms with Gasteiger partial charge in [0.05, 0.1) is 0 Å². The standard InChI is InChI=1S/C18H17ClN4O2/c19-13-1-3-14(4-2-13)25-15-5-7-23(8-6-15)18(24)16-9-12-10-20-11-21-17(12)22-16/h1-4,9-11,15H,5-8H2,(H,20,21,22). The molecule has 3 heterocycles. The molecule has 0 aliphatic carbocycles. The lowest BCUT2D eigenvalue weighted by molar-refractivity contribution is 0.0591. The SMILES string of the molecule is O=C(c1cc2cncnc2[nH]1)N1CCC(Oc2ccc(Cl)cc2)CC1. The van der Waals surface area contributed by atoms with Gasteiger partial charge in [-0.2, -0.15) is 0 Å². The Morgan fingerprint density at radius 1 is 1.24 bits per heavy atom. The molecule has 0 spiro atoms. The Labute approximate surface area is 149 Å². The van der Waals surface area contributed by atoms with Crippen LogP contribution in [0.4, 0.5) is 0 Å². The van der Waals surface area contributed by atoms with Gasteiger partial charge in [-0.3, -0.25) is 4.79 Å². The van der Waals surface area contributed by atoms with E-state index < -0.39 is 0 Å². The van der Waals surface area contributed by atoms with Crippen molar-refractivity contribution in [3.63, 3.8) is 0 Å². The monoisotopic (exact) mass is 356 g/mol. The molecule has 1 amide bonds. The summed E-state index contributed by atoms with van der Waals surface area (Å²) in [5.74, 6) is 0.798. The fourth-order valence-electron chi connectivity index (χ4n) is 3.04. The summed E-state index contributed by atoms with van der Waals surface area (Å²) in [6.07, 6.45) is 4.87. The molecule has 1 fully saturated rings. The van der Waals surface area contributed by atoms with Crippen molar-refractivity contribution in [2.75, 3.05) is 13.1 Å². The van der Waals surface area contributed by atoms with Crippen LogP contribution in [0.15, 0.2) is 42.9 Å². The minimum absolute atomic E-state index is 0.0112. The minimum atomic E-state index is -0.0112. The summed E-state index contributed by atoms with van der Waals surface area (Å²) in [7, 11) is 0. The van der Waals surface area contributed by atoms with E-state index in [2.05, 4.69) is 15.0 Å². The van der Waals surface area contributed by atoms with Crippen LogP contribution in [-0.4, -0.2) is 45.0 Å². The molecule has 3 aromatic rings. The topological polar surface area (TPSA) is 71.1 Å². The highest BCUT2D eigenvalue weighted by Gasteiger charge is 2.25. The second kappa shape index (κ2) is 6.72. The molecule has 6 nitrogen and oxygen atoms in total. The predicted molar refractivity (Wildman–Crippen MR) is 94.9 cm³/mol. The van der Waals surface area contributed by atoms with E-state index in [1.807, 2.05) is 29.2 Å². The van der Waals surface area contributed by atoms with Crippen molar-refractivity contribution in [1.82, 2.24) is 19.9 Å². The van der Waals surface area contributed by atoms with Gasteiger partial charge < -0.3 is 14.6 Å². The lowest BCUT2D eigenvalue weighted by Gasteiger charge is -2.32. The fourth-order valence-corrected chi connectivity index (χ4v) is 3.16. The van der Waals surface area contributed by atoms with E-state index in [-0.39, 0.29) is 12.0 Å². The highest BCUT2D eigenvalue weighted by molar-refractivity contribution is 6.30. The van der Waals surface area contributed by atoms with E-state index in [1.54, 1.807) is 12.3 Å². The number of nitrogens with one attached hydrogen (secondary N) is 1. The van der Waals surface area contributed by atoms with E-state index >= 15 is 0 Å². The smallest absolute Gasteiger partial charge is 0.270 e. The zero-order chi connectivity index (χ0) is 17.2. The first-order chi connectivity index (χ1) is 12.2. The molecular formula is C18H17ClN4O2. The largest absolute Gasteiger partial charge is 0.490 e. The first kappa shape index (κ1) is 15.9. The van der Waals surface area contributed by atoms with Gasteiger partial charge in [0.15, 0.2) is 0 Å². The number of nitrogens with zero attached hydrogens (tertiary/aromatic N) is 3. The molecule has 0 saturated carbocycles. The lowest BCUT2D eigenvalue weighted by atomic mass is 10.1. The number of H-pyrrole nitrogens is 1. The molecule has 0 radical (unpaired) electrons. The van der Waals surface area contributed by atoms with Gasteiger partial charge in [-0.05, 0) is 30.3 Å². The van der Waals surface area contributed by atoms with Crippen molar-refractivity contribution in [3.05, 3.63) is 53.6 Å². The molecular weight excluding hydrogens is 340 g/mol. The van der Waals surface area contributed by atoms with Crippen LogP contribution in [0.3, 0.4) is 0 Å². The molecule has 2 aromatic heterocycles. The van der Waals surface area contributed by atoms with Gasteiger partial charge >= 0.3 is 0 Å². The Hall–Kier alpha value is -2.60. The van der Waals surface area contributed by atoms with Gasteiger partial charge in [0, 0.05) is 42.5 Å². The number of hydrogen-bond acceptors (Lipinski definition) is 4. The third-order valence-electron chi connectivity index (χ3n) is 4.37. The Morgan fingerprint density at radius 3 is 2.72 bits per heavy atom. The molecule has 25 heavy (non-hydrogen) atoms. The van der Waals surface area contributed by atoms with E-state index in [9.17, 15) is 4.79 Å². The van der Waals surface area contributed by atoms with Crippen molar-refractivity contribution in [3.8, 4) is 5.75 Å². The van der Waals surface area contributed by atoms with Crippen LogP contribution in [0.1, 0.15) is 23.3 Å². The molecule has 1 aliphatic heterocycles. The summed E-state index contributed by atoms with van der Waals surface area (Å²) < 4.78 is 5.97. The van der Waals surface area contributed by atoms with Crippen molar-refractivity contribution in [2.45, 2.75) is 18.9 Å². The molecule has 7 heteroatoms. The molecule has 0 atom stereocenters. The number of carbonyl (C=O) groups excluding carboxylic acids is 1. The molecule has 128 valence electrons. The Balaban J connectivity index is 1.37.